The van der Waals surface area contributed by atoms with Crippen molar-refractivity contribution >= 4 is 34.4 Å². The normalized spacial score (nSPS) is 9.11. The molecule has 0 aliphatic carbocycles. The van der Waals surface area contributed by atoms with Gasteiger partial charge in [-0.3, -0.25) is 0 Å². The predicted octanol–water partition coefficient (Wildman–Crippen LogP) is 3.69. The fraction of sp³-hybridized carbons (Fsp3) is 0.500. The monoisotopic (exact) mass is 378 g/mol. The summed E-state index contributed by atoms with van der Waals surface area (Å²) in [5.41, 5.74) is 1.07. The third-order valence-corrected chi connectivity index (χ3v) is 2.48. The maximum Gasteiger partial charge on any atom is 0.412 e. The van der Waals surface area contributed by atoms with Gasteiger partial charge in [0.05, 0.1) is 0 Å². The van der Waals surface area contributed by atoms with Gasteiger partial charge in [0.1, 0.15) is 5.75 Å². The molecule has 0 saturated carbocycles. The summed E-state index contributed by atoms with van der Waals surface area (Å²) in [7, 11) is 0. The van der Waals surface area contributed by atoms with Crippen LogP contribution in [0, 0.1) is 0 Å². The highest BCUT2D eigenvalue weighted by molar-refractivity contribution is 14.1. The third kappa shape index (κ3) is 6.66. The van der Waals surface area contributed by atoms with E-state index in [9.17, 15) is 4.79 Å². The number of amides is 1. The van der Waals surface area contributed by atoms with E-state index in [4.69, 9.17) is 4.74 Å². The molecule has 0 aromatic heterocycles. The standard InChI is InChI=1S/C13H20N2O2.CH3I/c1-4-14-13(16)17-12-9-7-8-11(10-12)15(5-2)6-3;1-2/h7-10H,4-6H2,1-3H3,(H,14,16);1H3. The summed E-state index contributed by atoms with van der Waals surface area (Å²) in [6, 6.07) is 7.56. The Morgan fingerprint density at radius 2 is 1.89 bits per heavy atom. The summed E-state index contributed by atoms with van der Waals surface area (Å²) in [4.78, 5) is 15.5. The summed E-state index contributed by atoms with van der Waals surface area (Å²) in [6.45, 7) is 8.48. The van der Waals surface area contributed by atoms with Crippen LogP contribution in [0.15, 0.2) is 24.3 Å². The van der Waals surface area contributed by atoms with Gasteiger partial charge in [-0.05, 0) is 37.8 Å². The lowest BCUT2D eigenvalue weighted by Crippen LogP contribution is -2.26. The average molecular weight is 378 g/mol. The maximum atomic E-state index is 11.3. The minimum atomic E-state index is -0.413. The Morgan fingerprint density at radius 1 is 1.26 bits per heavy atom. The van der Waals surface area contributed by atoms with Crippen LogP contribution in [0.5, 0.6) is 5.75 Å². The first kappa shape index (κ1) is 18.0. The van der Waals surface area contributed by atoms with Crippen LogP contribution >= 0.6 is 22.6 Å². The highest BCUT2D eigenvalue weighted by Gasteiger charge is 2.06. The number of nitrogens with zero attached hydrogens (tertiary/aromatic N) is 1. The molecule has 0 aliphatic rings. The van der Waals surface area contributed by atoms with Crippen molar-refractivity contribution in [3.8, 4) is 5.75 Å². The predicted molar refractivity (Wildman–Crippen MR) is 89.6 cm³/mol. The summed E-state index contributed by atoms with van der Waals surface area (Å²) in [5.74, 6) is 0.570. The van der Waals surface area contributed by atoms with E-state index in [-0.39, 0.29) is 0 Å². The molecule has 0 heterocycles. The van der Waals surface area contributed by atoms with Gasteiger partial charge in [-0.1, -0.05) is 28.7 Å². The second-order valence-corrected chi connectivity index (χ2v) is 3.59. The lowest BCUT2D eigenvalue weighted by atomic mass is 10.2. The van der Waals surface area contributed by atoms with Crippen molar-refractivity contribution in [3.05, 3.63) is 24.3 Å². The second-order valence-electron chi connectivity index (χ2n) is 3.59. The number of carbonyl (C=O) groups is 1. The molecule has 0 saturated heterocycles. The van der Waals surface area contributed by atoms with Gasteiger partial charge in [-0.25, -0.2) is 4.79 Å². The van der Waals surface area contributed by atoms with E-state index in [0.29, 0.717) is 12.3 Å². The zero-order valence-electron chi connectivity index (χ0n) is 12.1. The van der Waals surface area contributed by atoms with Crippen molar-refractivity contribution in [2.24, 2.45) is 0 Å². The number of nitrogens with one attached hydrogen (secondary N) is 1. The summed E-state index contributed by atoms with van der Waals surface area (Å²) >= 11 is 2.15. The number of halogens is 1. The zero-order valence-corrected chi connectivity index (χ0v) is 14.2. The van der Waals surface area contributed by atoms with Crippen molar-refractivity contribution in [1.82, 2.24) is 5.32 Å². The molecular weight excluding hydrogens is 355 g/mol. The van der Waals surface area contributed by atoms with Gasteiger partial charge in [0, 0.05) is 31.4 Å². The first-order valence-electron chi connectivity index (χ1n) is 6.39. The van der Waals surface area contributed by atoms with Gasteiger partial charge >= 0.3 is 6.09 Å². The number of anilines is 1. The van der Waals surface area contributed by atoms with E-state index in [1.807, 2.05) is 30.1 Å². The van der Waals surface area contributed by atoms with E-state index in [1.165, 1.54) is 0 Å². The molecule has 0 spiro atoms. The van der Waals surface area contributed by atoms with Gasteiger partial charge in [0.2, 0.25) is 0 Å². The van der Waals surface area contributed by atoms with Crippen LogP contribution in [0.25, 0.3) is 0 Å². The van der Waals surface area contributed by atoms with E-state index >= 15 is 0 Å². The van der Waals surface area contributed by atoms with Gasteiger partial charge in [-0.2, -0.15) is 0 Å². The first-order valence-corrected chi connectivity index (χ1v) is 8.55. The average Bonchev–Trinajstić information content (AvgIpc) is 2.43. The summed E-state index contributed by atoms with van der Waals surface area (Å²) < 4.78 is 5.16. The molecule has 108 valence electrons. The molecule has 0 atom stereocenters. The van der Waals surface area contributed by atoms with Gasteiger partial charge in [-0.15, -0.1) is 0 Å². The molecule has 1 amide bonds. The van der Waals surface area contributed by atoms with Crippen LogP contribution in [0.1, 0.15) is 20.8 Å². The Hall–Kier alpha value is -0.980. The summed E-state index contributed by atoms with van der Waals surface area (Å²) in [6.07, 6.45) is -0.413. The number of hydrogen-bond donors (Lipinski definition) is 1. The zero-order chi connectivity index (χ0) is 14.7. The first-order chi connectivity index (χ1) is 9.21. The number of carbonyl (C=O) groups excluding carboxylic acids is 1. The van der Waals surface area contributed by atoms with Crippen LogP contribution in [-0.2, 0) is 0 Å². The topological polar surface area (TPSA) is 41.6 Å². The van der Waals surface area contributed by atoms with Gasteiger partial charge in [0.25, 0.3) is 0 Å². The maximum absolute atomic E-state index is 11.3. The smallest absolute Gasteiger partial charge is 0.410 e. The van der Waals surface area contributed by atoms with Crippen molar-refractivity contribution in [3.63, 3.8) is 0 Å². The highest BCUT2D eigenvalue weighted by Crippen LogP contribution is 2.20. The van der Waals surface area contributed by atoms with E-state index in [0.717, 1.165) is 18.8 Å². The van der Waals surface area contributed by atoms with E-state index in [1.54, 1.807) is 6.07 Å². The molecule has 0 bridgehead atoms. The molecule has 0 fully saturated rings. The van der Waals surface area contributed by atoms with Crippen LogP contribution in [0.3, 0.4) is 0 Å². The number of hydrogen-bond acceptors (Lipinski definition) is 3. The molecule has 1 rings (SSSR count). The highest BCUT2D eigenvalue weighted by atomic mass is 127. The van der Waals surface area contributed by atoms with Crippen molar-refractivity contribution in [1.29, 1.82) is 0 Å². The van der Waals surface area contributed by atoms with E-state index in [2.05, 4.69) is 46.7 Å². The third-order valence-electron chi connectivity index (χ3n) is 2.48. The largest absolute Gasteiger partial charge is 0.412 e. The Morgan fingerprint density at radius 3 is 2.42 bits per heavy atom. The minimum absolute atomic E-state index is 0.413. The number of ether oxygens (including phenoxy) is 1. The van der Waals surface area contributed by atoms with Crippen molar-refractivity contribution < 1.29 is 9.53 Å². The fourth-order valence-corrected chi connectivity index (χ4v) is 1.62. The molecule has 1 N–H and O–H groups in total. The quantitative estimate of drug-likeness (QED) is 0.628. The molecule has 4 nitrogen and oxygen atoms in total. The van der Waals surface area contributed by atoms with Crippen LogP contribution in [0.4, 0.5) is 10.5 Å². The fourth-order valence-electron chi connectivity index (χ4n) is 1.62. The summed E-state index contributed by atoms with van der Waals surface area (Å²) in [5, 5.41) is 2.60. The van der Waals surface area contributed by atoms with Crippen LogP contribution in [0.2, 0.25) is 0 Å². The molecule has 0 radical (unpaired) electrons. The second kappa shape index (κ2) is 10.9. The molecule has 1 aromatic rings. The molecule has 5 heteroatoms. The molecule has 1 aromatic carbocycles. The number of rotatable bonds is 5. The van der Waals surface area contributed by atoms with Gasteiger partial charge in [0.15, 0.2) is 0 Å². The SMILES string of the molecule is CCNC(=O)Oc1cccc(N(CC)CC)c1.CI. The minimum Gasteiger partial charge on any atom is -0.410 e. The number of benzene rings is 1. The van der Waals surface area contributed by atoms with Crippen LogP contribution in [-0.4, -0.2) is 30.7 Å². The lowest BCUT2D eigenvalue weighted by Gasteiger charge is -2.21. The Labute approximate surface area is 129 Å². The molecule has 19 heavy (non-hydrogen) atoms. The van der Waals surface area contributed by atoms with E-state index < -0.39 is 6.09 Å². The van der Waals surface area contributed by atoms with Crippen molar-refractivity contribution in [2.45, 2.75) is 20.8 Å². The van der Waals surface area contributed by atoms with Crippen molar-refractivity contribution in [2.75, 3.05) is 29.5 Å². The van der Waals surface area contributed by atoms with Gasteiger partial charge < -0.3 is 15.0 Å². The number of alkyl halides is 1. The molecule has 0 aliphatic heterocycles. The van der Waals surface area contributed by atoms with Crippen LogP contribution < -0.4 is 15.0 Å². The molecular formula is C14H23IN2O2. The Bertz CT molecular complexity index is 368. The Kier molecular flexibility index (Phi) is 10.3. The lowest BCUT2D eigenvalue weighted by molar-refractivity contribution is 0.201. The Balaban J connectivity index is 0.00000154. The molecule has 0 unspecified atom stereocenters.